The minimum atomic E-state index is -0.530. The largest absolute Gasteiger partial charge is 0.347 e. The number of fused-ring (bicyclic) bond motifs is 1. The van der Waals surface area contributed by atoms with Gasteiger partial charge in [0.2, 0.25) is 11.8 Å². The second kappa shape index (κ2) is 7.70. The van der Waals surface area contributed by atoms with Gasteiger partial charge in [-0.3, -0.25) is 9.59 Å². The summed E-state index contributed by atoms with van der Waals surface area (Å²) in [6.07, 6.45) is 3.16. The van der Waals surface area contributed by atoms with E-state index in [4.69, 9.17) is 0 Å². The lowest BCUT2D eigenvalue weighted by Crippen LogP contribution is -2.30. The zero-order chi connectivity index (χ0) is 22.1. The molecule has 7 nitrogen and oxygen atoms in total. The Labute approximate surface area is 175 Å². The van der Waals surface area contributed by atoms with Crippen LogP contribution in [0.3, 0.4) is 0 Å². The first-order valence-electron chi connectivity index (χ1n) is 9.34. The third kappa shape index (κ3) is 3.15. The predicted octanol–water partition coefficient (Wildman–Crippen LogP) is 3.20. The van der Waals surface area contributed by atoms with Crippen molar-refractivity contribution in [1.29, 1.82) is 15.8 Å². The summed E-state index contributed by atoms with van der Waals surface area (Å²) >= 11 is 0. The summed E-state index contributed by atoms with van der Waals surface area (Å²) in [5.74, 6) is -1.06. The third-order valence-electron chi connectivity index (χ3n) is 5.46. The molecule has 0 atom stereocenters. The van der Waals surface area contributed by atoms with Gasteiger partial charge in [-0.1, -0.05) is 32.0 Å². The average molecular weight is 397 g/mol. The molecule has 30 heavy (non-hydrogen) atoms. The van der Waals surface area contributed by atoms with Gasteiger partial charge in [0.1, 0.15) is 18.2 Å². The van der Waals surface area contributed by atoms with Gasteiger partial charge in [-0.25, -0.2) is 4.90 Å². The van der Waals surface area contributed by atoms with E-state index in [-0.39, 0.29) is 29.5 Å². The Bertz CT molecular complexity index is 1130. The molecule has 0 aromatic heterocycles. The number of para-hydroxylation sites is 1. The first kappa shape index (κ1) is 20.6. The van der Waals surface area contributed by atoms with Crippen LogP contribution in [0.2, 0.25) is 0 Å². The molecule has 1 saturated heterocycles. The van der Waals surface area contributed by atoms with Crippen molar-refractivity contribution in [2.75, 3.05) is 11.9 Å². The average Bonchev–Trinajstić information content (AvgIpc) is 3.16. The van der Waals surface area contributed by atoms with E-state index in [1.54, 1.807) is 18.2 Å². The van der Waals surface area contributed by atoms with Crippen LogP contribution in [0.4, 0.5) is 5.69 Å². The molecule has 7 heteroatoms. The maximum absolute atomic E-state index is 12.2. The molecule has 1 fully saturated rings. The maximum Gasteiger partial charge on any atom is 0.234 e. The highest BCUT2D eigenvalue weighted by molar-refractivity contribution is 6.05. The quantitative estimate of drug-likeness (QED) is 0.440. The molecule has 0 bridgehead atoms. The van der Waals surface area contributed by atoms with Gasteiger partial charge in [-0.15, -0.1) is 0 Å². The Kier molecular flexibility index (Phi) is 5.28. The highest BCUT2D eigenvalue weighted by Gasteiger charge is 2.38. The van der Waals surface area contributed by atoms with Crippen LogP contribution in [-0.2, 0) is 15.0 Å². The first-order chi connectivity index (χ1) is 14.3. The monoisotopic (exact) mass is 397 g/mol. The Morgan fingerprint density at radius 2 is 1.63 bits per heavy atom. The topological polar surface area (TPSA) is 112 Å². The highest BCUT2D eigenvalue weighted by atomic mass is 16.2. The number of allylic oxidation sites excluding steroid dienone is 5. The van der Waals surface area contributed by atoms with Gasteiger partial charge in [0.15, 0.2) is 5.57 Å². The molecular formula is C23H19N5O2. The molecular weight excluding hydrogens is 378 g/mol. The Hall–Kier alpha value is -4.15. The zero-order valence-corrected chi connectivity index (χ0v) is 16.9. The fraction of sp³-hybridized carbons (Fsp3) is 0.261. The number of imide groups is 1. The molecule has 0 N–H and O–H groups in total. The van der Waals surface area contributed by atoms with Gasteiger partial charge < -0.3 is 4.90 Å². The molecule has 2 heterocycles. The predicted molar refractivity (Wildman–Crippen MR) is 109 cm³/mol. The van der Waals surface area contributed by atoms with Gasteiger partial charge in [-0.05, 0) is 23.8 Å². The molecule has 0 radical (unpaired) electrons. The summed E-state index contributed by atoms with van der Waals surface area (Å²) in [6.45, 7) is 4.11. The van der Waals surface area contributed by atoms with Crippen LogP contribution in [0.15, 0.2) is 59.0 Å². The minimum Gasteiger partial charge on any atom is -0.347 e. The normalized spacial score (nSPS) is 18.7. The Morgan fingerprint density at radius 3 is 2.17 bits per heavy atom. The second-order valence-electron chi connectivity index (χ2n) is 7.52. The van der Waals surface area contributed by atoms with Crippen LogP contribution in [-0.4, -0.2) is 23.8 Å². The van der Waals surface area contributed by atoms with E-state index in [0.29, 0.717) is 0 Å². The van der Waals surface area contributed by atoms with Crippen molar-refractivity contribution in [2.45, 2.75) is 32.1 Å². The van der Waals surface area contributed by atoms with Gasteiger partial charge in [0, 0.05) is 36.7 Å². The molecule has 2 aliphatic heterocycles. The summed E-state index contributed by atoms with van der Waals surface area (Å²) < 4.78 is 0. The fourth-order valence-corrected chi connectivity index (χ4v) is 3.96. The molecule has 0 unspecified atom stereocenters. The summed E-state index contributed by atoms with van der Waals surface area (Å²) in [5.41, 5.74) is 1.92. The van der Waals surface area contributed by atoms with Crippen molar-refractivity contribution in [3.05, 3.63) is 64.5 Å². The van der Waals surface area contributed by atoms with Crippen molar-refractivity contribution in [2.24, 2.45) is 0 Å². The van der Waals surface area contributed by atoms with E-state index >= 15 is 0 Å². The molecule has 0 spiro atoms. The SMILES string of the molecule is CN1/C(=C\C=C(/C#N)C(=C(C#N)C#N)N2C(=O)CCC2=O)C(C)(C)c2ccccc21. The number of nitrogens with zero attached hydrogens (tertiary/aromatic N) is 5. The number of rotatable bonds is 3. The minimum absolute atomic E-state index is 0.0165. The van der Waals surface area contributed by atoms with Crippen molar-refractivity contribution in [3.63, 3.8) is 0 Å². The Morgan fingerprint density at radius 1 is 1.03 bits per heavy atom. The van der Waals surface area contributed by atoms with Crippen LogP contribution >= 0.6 is 0 Å². The maximum atomic E-state index is 12.2. The van der Waals surface area contributed by atoms with Crippen molar-refractivity contribution in [3.8, 4) is 18.2 Å². The standard InChI is InChI=1S/C23H19N5O2/c1-23(2)17-6-4-5-7-18(17)27(3)19(23)9-8-15(12-24)22(16(13-25)14-26)28-20(29)10-11-21(28)30/h4-9H,10-11H2,1-3H3/b15-8+,19-9-. The Balaban J connectivity index is 2.15. The van der Waals surface area contributed by atoms with Crippen molar-refractivity contribution < 1.29 is 9.59 Å². The van der Waals surface area contributed by atoms with E-state index in [9.17, 15) is 25.4 Å². The van der Waals surface area contributed by atoms with Crippen molar-refractivity contribution >= 4 is 17.5 Å². The summed E-state index contributed by atoms with van der Waals surface area (Å²) in [7, 11) is 1.92. The van der Waals surface area contributed by atoms with E-state index in [2.05, 4.69) is 13.8 Å². The zero-order valence-electron chi connectivity index (χ0n) is 16.9. The number of hydrogen-bond donors (Lipinski definition) is 0. The molecule has 1 aromatic carbocycles. The lowest BCUT2D eigenvalue weighted by molar-refractivity contribution is -0.135. The molecule has 2 aliphatic rings. The number of likely N-dealkylation sites (tertiary alicyclic amines) is 1. The lowest BCUT2D eigenvalue weighted by Gasteiger charge is -2.24. The van der Waals surface area contributed by atoms with Crippen LogP contribution in [0.25, 0.3) is 0 Å². The van der Waals surface area contributed by atoms with Crippen molar-refractivity contribution in [1.82, 2.24) is 4.90 Å². The summed E-state index contributed by atoms with van der Waals surface area (Å²) in [5, 5.41) is 28.5. The van der Waals surface area contributed by atoms with E-state index in [0.717, 1.165) is 21.8 Å². The lowest BCUT2D eigenvalue weighted by atomic mass is 9.83. The van der Waals surface area contributed by atoms with Gasteiger partial charge >= 0.3 is 0 Å². The molecule has 148 valence electrons. The molecule has 0 aliphatic carbocycles. The van der Waals surface area contributed by atoms with Gasteiger partial charge in [0.25, 0.3) is 0 Å². The van der Waals surface area contributed by atoms with E-state index < -0.39 is 17.4 Å². The number of likely N-dealkylation sites (N-methyl/N-ethyl adjacent to an activating group) is 1. The van der Waals surface area contributed by atoms with Crippen LogP contribution < -0.4 is 4.90 Å². The number of benzene rings is 1. The summed E-state index contributed by atoms with van der Waals surface area (Å²) in [4.78, 5) is 27.3. The summed E-state index contributed by atoms with van der Waals surface area (Å²) in [6, 6.07) is 13.3. The number of nitriles is 3. The fourth-order valence-electron chi connectivity index (χ4n) is 3.96. The number of amides is 2. The smallest absolute Gasteiger partial charge is 0.234 e. The number of hydrogen-bond acceptors (Lipinski definition) is 6. The number of carbonyl (C=O) groups excluding carboxylic acids is 2. The molecule has 1 aromatic rings. The molecule has 0 saturated carbocycles. The van der Waals surface area contributed by atoms with Crippen LogP contribution in [0.1, 0.15) is 32.3 Å². The first-order valence-corrected chi connectivity index (χ1v) is 9.34. The van der Waals surface area contributed by atoms with Gasteiger partial charge in [-0.2, -0.15) is 15.8 Å². The van der Waals surface area contributed by atoms with Crippen LogP contribution in [0, 0.1) is 34.0 Å². The molecule has 3 rings (SSSR count). The van der Waals surface area contributed by atoms with E-state index in [1.165, 1.54) is 6.08 Å². The number of anilines is 1. The third-order valence-corrected chi connectivity index (χ3v) is 5.46. The van der Waals surface area contributed by atoms with Crippen LogP contribution in [0.5, 0.6) is 0 Å². The second-order valence-corrected chi connectivity index (χ2v) is 7.52. The van der Waals surface area contributed by atoms with Gasteiger partial charge in [0.05, 0.1) is 11.3 Å². The highest BCUT2D eigenvalue weighted by Crippen LogP contribution is 2.46. The molecule has 2 amide bonds. The number of carbonyl (C=O) groups is 2. The van der Waals surface area contributed by atoms with E-state index in [1.807, 2.05) is 42.3 Å².